The number of nitrogens with two attached hydrogens (primary N) is 1. The van der Waals surface area contributed by atoms with Crippen molar-refractivity contribution in [1.82, 2.24) is 30.3 Å². The highest BCUT2D eigenvalue weighted by Crippen LogP contribution is 2.30. The van der Waals surface area contributed by atoms with Gasteiger partial charge < -0.3 is 45.7 Å². The largest absolute Gasteiger partial charge is 0.481 e. The van der Waals surface area contributed by atoms with E-state index in [0.29, 0.717) is 38.8 Å². The van der Waals surface area contributed by atoms with Gasteiger partial charge in [-0.1, -0.05) is 73.1 Å². The molecule has 1 fully saturated rings. The van der Waals surface area contributed by atoms with E-state index < -0.39 is 66.1 Å². The number of carbonyl (C=O) groups is 6. The molecule has 0 aliphatic carbocycles. The maximum absolute atomic E-state index is 14.4. The Bertz CT molecular complexity index is 1780. The highest BCUT2D eigenvalue weighted by Gasteiger charge is 2.43. The van der Waals surface area contributed by atoms with Crippen molar-refractivity contribution in [1.29, 1.82) is 0 Å². The SMILES string of the molecule is CC[C@H](C)[C@@H]([C@@H](CC(=O)N1CCC[C@H]1C(OC)[C@@H](C)C(=O)N[C@@H](Cc1c[nH]c2ccccc12)C(N)=O)OC)N(C)C(=O)[C@@H](NC(=O)[C@H](C(C)C)N(C)CCCC(=O)O)C(C)C. The van der Waals surface area contributed by atoms with Gasteiger partial charge in [0.2, 0.25) is 29.5 Å². The lowest BCUT2D eigenvalue weighted by Gasteiger charge is -2.41. The van der Waals surface area contributed by atoms with Crippen LogP contribution in [0.2, 0.25) is 0 Å². The molecule has 0 bridgehead atoms. The third-order valence-electron chi connectivity index (χ3n) is 12.5. The lowest BCUT2D eigenvalue weighted by atomic mass is 9.89. The first kappa shape index (κ1) is 50.8. The number of carboxylic acid groups (broad SMARTS) is 1. The van der Waals surface area contributed by atoms with Crippen molar-refractivity contribution in [2.45, 2.75) is 136 Å². The van der Waals surface area contributed by atoms with E-state index in [-0.39, 0.29) is 54.7 Å². The van der Waals surface area contributed by atoms with Gasteiger partial charge in [-0.15, -0.1) is 0 Å². The lowest BCUT2D eigenvalue weighted by molar-refractivity contribution is -0.148. The number of hydrogen-bond acceptors (Lipinski definition) is 9. The molecule has 61 heavy (non-hydrogen) atoms. The number of likely N-dealkylation sites (N-methyl/N-ethyl adjacent to an activating group) is 2. The normalized spacial score (nSPS) is 18.3. The van der Waals surface area contributed by atoms with Crippen LogP contribution in [-0.2, 0) is 44.7 Å². The molecule has 1 aliphatic heterocycles. The molecule has 6 N–H and O–H groups in total. The minimum absolute atomic E-state index is 0.0110. The summed E-state index contributed by atoms with van der Waals surface area (Å²) in [5.74, 6) is -4.03. The number of hydrogen-bond donors (Lipinski definition) is 5. The number of likely N-dealkylation sites (tertiary alicyclic amines) is 1. The van der Waals surface area contributed by atoms with Crippen molar-refractivity contribution in [2.24, 2.45) is 29.4 Å². The average Bonchev–Trinajstić information content (AvgIpc) is 3.86. The first-order chi connectivity index (χ1) is 28.8. The third kappa shape index (κ3) is 13.2. The molecule has 16 heteroatoms. The molecule has 9 atom stereocenters. The maximum Gasteiger partial charge on any atom is 0.303 e. The zero-order valence-electron chi connectivity index (χ0n) is 38.2. The van der Waals surface area contributed by atoms with E-state index in [4.69, 9.17) is 20.3 Å². The summed E-state index contributed by atoms with van der Waals surface area (Å²) in [4.78, 5) is 88.4. The molecule has 1 aliphatic rings. The number of amides is 5. The number of aromatic amines is 1. The number of carbonyl (C=O) groups excluding carboxylic acids is 5. The Morgan fingerprint density at radius 2 is 1.64 bits per heavy atom. The van der Waals surface area contributed by atoms with Gasteiger partial charge in [-0.2, -0.15) is 0 Å². The van der Waals surface area contributed by atoms with E-state index >= 15 is 0 Å². The Morgan fingerprint density at radius 1 is 0.967 bits per heavy atom. The number of benzene rings is 1. The van der Waals surface area contributed by atoms with Crippen LogP contribution in [0.25, 0.3) is 10.9 Å². The summed E-state index contributed by atoms with van der Waals surface area (Å²) in [5.41, 5.74) is 7.54. The molecule has 342 valence electrons. The van der Waals surface area contributed by atoms with Crippen LogP contribution in [0.15, 0.2) is 30.5 Å². The zero-order chi connectivity index (χ0) is 45.7. The van der Waals surface area contributed by atoms with Gasteiger partial charge in [0.25, 0.3) is 0 Å². The topological polar surface area (TPSA) is 217 Å². The summed E-state index contributed by atoms with van der Waals surface area (Å²) < 4.78 is 12.0. The second kappa shape index (κ2) is 23.6. The summed E-state index contributed by atoms with van der Waals surface area (Å²) in [6, 6.07) is 4.28. The van der Waals surface area contributed by atoms with E-state index in [0.717, 1.165) is 16.5 Å². The van der Waals surface area contributed by atoms with Crippen LogP contribution in [0, 0.1) is 23.7 Å². The Labute approximate surface area is 362 Å². The molecule has 1 aromatic heterocycles. The second-order valence-corrected chi connectivity index (χ2v) is 17.5. The van der Waals surface area contributed by atoms with E-state index in [1.807, 2.05) is 76.9 Å². The van der Waals surface area contributed by atoms with Crippen LogP contribution < -0.4 is 16.4 Å². The minimum Gasteiger partial charge on any atom is -0.481 e. The number of primary amides is 1. The number of nitrogens with zero attached hydrogens (tertiary/aromatic N) is 3. The van der Waals surface area contributed by atoms with E-state index in [2.05, 4.69) is 15.6 Å². The number of nitrogens with one attached hydrogen (secondary N) is 3. The fraction of sp³-hybridized carbons (Fsp3) is 0.689. The number of methoxy groups -OCH3 is 2. The molecule has 0 saturated carbocycles. The van der Waals surface area contributed by atoms with Gasteiger partial charge in [-0.05, 0) is 62.2 Å². The monoisotopic (exact) mass is 856 g/mol. The molecule has 2 heterocycles. The summed E-state index contributed by atoms with van der Waals surface area (Å²) in [5, 5.41) is 15.9. The second-order valence-electron chi connectivity index (χ2n) is 17.5. The van der Waals surface area contributed by atoms with Gasteiger partial charge in [-0.3, -0.25) is 33.7 Å². The molecular formula is C45H73N7O9. The highest BCUT2D eigenvalue weighted by atomic mass is 16.5. The Balaban J connectivity index is 1.77. The van der Waals surface area contributed by atoms with Crippen LogP contribution in [0.1, 0.15) is 92.6 Å². The molecular weight excluding hydrogens is 783 g/mol. The van der Waals surface area contributed by atoms with Crippen LogP contribution in [-0.4, -0.2) is 144 Å². The van der Waals surface area contributed by atoms with Gasteiger partial charge in [0.05, 0.1) is 42.7 Å². The van der Waals surface area contributed by atoms with Crippen LogP contribution in [0.5, 0.6) is 0 Å². The highest BCUT2D eigenvalue weighted by molar-refractivity contribution is 5.91. The third-order valence-corrected chi connectivity index (χ3v) is 12.5. The fourth-order valence-electron chi connectivity index (χ4n) is 8.95. The van der Waals surface area contributed by atoms with Crippen LogP contribution >= 0.6 is 0 Å². The van der Waals surface area contributed by atoms with E-state index in [1.54, 1.807) is 30.8 Å². The smallest absolute Gasteiger partial charge is 0.303 e. The molecule has 1 aromatic carbocycles. The fourth-order valence-corrected chi connectivity index (χ4v) is 8.95. The Hall–Kier alpha value is -4.54. The number of carboxylic acids is 1. The molecule has 1 unspecified atom stereocenters. The Morgan fingerprint density at radius 3 is 2.21 bits per heavy atom. The number of aromatic nitrogens is 1. The first-order valence-electron chi connectivity index (χ1n) is 21.8. The number of para-hydroxylation sites is 1. The van der Waals surface area contributed by atoms with Crippen molar-refractivity contribution in [2.75, 3.05) is 41.4 Å². The number of aliphatic carboxylic acids is 1. The summed E-state index contributed by atoms with van der Waals surface area (Å²) in [6.45, 7) is 14.1. The van der Waals surface area contributed by atoms with E-state index in [9.17, 15) is 28.8 Å². The summed E-state index contributed by atoms with van der Waals surface area (Å²) >= 11 is 0. The van der Waals surface area contributed by atoms with Crippen molar-refractivity contribution in [3.63, 3.8) is 0 Å². The van der Waals surface area contributed by atoms with Gasteiger partial charge in [0, 0.05) is 57.8 Å². The van der Waals surface area contributed by atoms with Crippen molar-refractivity contribution >= 4 is 46.4 Å². The molecule has 3 rings (SSSR count). The number of rotatable bonds is 25. The predicted molar refractivity (Wildman–Crippen MR) is 234 cm³/mol. The minimum atomic E-state index is -0.968. The van der Waals surface area contributed by atoms with Gasteiger partial charge in [-0.25, -0.2) is 0 Å². The summed E-state index contributed by atoms with van der Waals surface area (Å²) in [7, 11) is 6.51. The van der Waals surface area contributed by atoms with Crippen molar-refractivity contribution in [3.05, 3.63) is 36.0 Å². The molecule has 0 radical (unpaired) electrons. The van der Waals surface area contributed by atoms with Crippen molar-refractivity contribution in [3.8, 4) is 0 Å². The van der Waals surface area contributed by atoms with E-state index in [1.165, 1.54) is 14.2 Å². The van der Waals surface area contributed by atoms with Crippen LogP contribution in [0.3, 0.4) is 0 Å². The molecule has 0 spiro atoms. The van der Waals surface area contributed by atoms with Gasteiger partial charge >= 0.3 is 5.97 Å². The quantitative estimate of drug-likeness (QED) is 0.0979. The standard InChI is InChI=1S/C45H73N7O9/c1-12-28(6)40(51(9)45(59)38(26(2)3)49-44(58)39(27(4)5)50(8)21-16-20-37(54)55)35(60-10)24-36(53)52-22-15-19-34(52)41(61-11)29(7)43(57)48-33(42(46)56)23-30-25-47-32-18-14-13-17-31(30)32/h13-14,17-18,25-29,33-35,38-41,47H,12,15-16,19-24H2,1-11H3,(H2,46,56)(H,48,57)(H,49,58)(H,54,55)/t28-,29+,33-,34-,35+,38-,39-,40-,41?/m0/s1. The zero-order valence-corrected chi connectivity index (χ0v) is 38.2. The number of H-pyrrole nitrogens is 1. The lowest BCUT2D eigenvalue weighted by Crippen LogP contribution is -2.60. The predicted octanol–water partition coefficient (Wildman–Crippen LogP) is 3.56. The Kier molecular flexibility index (Phi) is 19.7. The molecule has 2 aromatic rings. The van der Waals surface area contributed by atoms with Crippen LogP contribution in [0.4, 0.5) is 0 Å². The van der Waals surface area contributed by atoms with Gasteiger partial charge in [0.15, 0.2) is 0 Å². The molecule has 16 nitrogen and oxygen atoms in total. The molecule has 5 amide bonds. The van der Waals surface area contributed by atoms with Crippen molar-refractivity contribution < 1.29 is 43.3 Å². The molecule has 1 saturated heterocycles. The summed E-state index contributed by atoms with van der Waals surface area (Å²) in [6.07, 6.45) is 2.93. The first-order valence-corrected chi connectivity index (χ1v) is 21.8. The maximum atomic E-state index is 14.4. The van der Waals surface area contributed by atoms with Gasteiger partial charge in [0.1, 0.15) is 12.1 Å². The number of fused-ring (bicyclic) bond motifs is 1. The average molecular weight is 856 g/mol. The number of ether oxygens (including phenoxy) is 2.